The van der Waals surface area contributed by atoms with Crippen molar-refractivity contribution in [1.29, 1.82) is 0 Å². The Balaban J connectivity index is 1.96. The molecule has 3 fully saturated rings. The summed E-state index contributed by atoms with van der Waals surface area (Å²) >= 11 is 0. The van der Waals surface area contributed by atoms with Crippen molar-refractivity contribution >= 4 is 23.9 Å². The van der Waals surface area contributed by atoms with E-state index in [2.05, 4.69) is 0 Å². The van der Waals surface area contributed by atoms with Gasteiger partial charge in [0.15, 0.2) is 6.10 Å². The molecule has 11 heteroatoms. The van der Waals surface area contributed by atoms with Crippen LogP contribution in [0.2, 0.25) is 0 Å². The molecule has 1 aromatic rings. The minimum Gasteiger partial charge on any atom is -0.458 e. The summed E-state index contributed by atoms with van der Waals surface area (Å²) < 4.78 is 35.8. The fourth-order valence-electron chi connectivity index (χ4n) is 7.07. The summed E-state index contributed by atoms with van der Waals surface area (Å²) in [4.78, 5) is 51.2. The highest BCUT2D eigenvalue weighted by Gasteiger charge is 2.84. The Kier molecular flexibility index (Phi) is 7.20. The Hall–Kier alpha value is -2.92. The Morgan fingerprint density at radius 3 is 2.10 bits per heavy atom. The molecule has 1 N–H and O–H groups in total. The summed E-state index contributed by atoms with van der Waals surface area (Å²) in [6, 6.07) is 3.00. The molecule has 0 aromatic carbocycles. The molecule has 1 aromatic heterocycles. The van der Waals surface area contributed by atoms with Gasteiger partial charge >= 0.3 is 23.9 Å². The first-order valence-electron chi connectivity index (χ1n) is 13.5. The molecule has 2 heterocycles. The second-order valence-electron chi connectivity index (χ2n) is 13.2. The van der Waals surface area contributed by atoms with Crippen molar-refractivity contribution in [3.05, 3.63) is 24.2 Å². The maximum Gasteiger partial charge on any atom is 0.374 e. The van der Waals surface area contributed by atoms with Crippen LogP contribution in [-0.2, 0) is 38.1 Å². The van der Waals surface area contributed by atoms with Gasteiger partial charge in [0.2, 0.25) is 5.76 Å². The van der Waals surface area contributed by atoms with Crippen LogP contribution in [0.1, 0.15) is 85.7 Å². The van der Waals surface area contributed by atoms with Crippen LogP contribution in [0.15, 0.2) is 22.8 Å². The van der Waals surface area contributed by atoms with E-state index >= 15 is 0 Å². The van der Waals surface area contributed by atoms with E-state index in [4.69, 9.17) is 28.1 Å². The number of ether oxygens (including phenoxy) is 5. The summed E-state index contributed by atoms with van der Waals surface area (Å²) in [6.45, 7) is 14.4. The molecular weight excluding hydrogens is 524 g/mol. The third-order valence-electron chi connectivity index (χ3n) is 8.78. The lowest BCUT2D eigenvalue weighted by Crippen LogP contribution is -2.81. The number of hydrogen-bond donors (Lipinski definition) is 1. The summed E-state index contributed by atoms with van der Waals surface area (Å²) in [5.41, 5.74) is -7.00. The Morgan fingerprint density at radius 2 is 1.57 bits per heavy atom. The zero-order valence-electron chi connectivity index (χ0n) is 24.6. The van der Waals surface area contributed by atoms with E-state index in [1.807, 2.05) is 13.8 Å². The number of carbonyl (C=O) groups is 4. The highest BCUT2D eigenvalue weighted by molar-refractivity contribution is 5.86. The molecule has 1 aliphatic heterocycles. The van der Waals surface area contributed by atoms with Crippen molar-refractivity contribution in [3.63, 3.8) is 0 Å². The molecule has 2 aliphatic carbocycles. The molecular formula is C29H40O11. The van der Waals surface area contributed by atoms with Gasteiger partial charge in [-0.2, -0.15) is 0 Å². The van der Waals surface area contributed by atoms with Gasteiger partial charge < -0.3 is 33.2 Å². The number of rotatable bonds is 5. The van der Waals surface area contributed by atoms with Crippen LogP contribution < -0.4 is 0 Å². The molecule has 1 spiro atoms. The summed E-state index contributed by atoms with van der Waals surface area (Å²) in [6.07, 6.45) is -3.18. The molecule has 4 rings (SSSR count). The number of furan rings is 1. The van der Waals surface area contributed by atoms with Gasteiger partial charge in [0, 0.05) is 26.2 Å². The van der Waals surface area contributed by atoms with E-state index in [1.165, 1.54) is 33.1 Å². The molecule has 1 saturated heterocycles. The topological polar surface area (TPSA) is 148 Å². The number of carbonyl (C=O) groups excluding carboxylic acids is 4. The third kappa shape index (κ3) is 4.51. The van der Waals surface area contributed by atoms with Crippen LogP contribution in [0.3, 0.4) is 0 Å². The summed E-state index contributed by atoms with van der Waals surface area (Å²) in [5.74, 6) is -3.20. The van der Waals surface area contributed by atoms with Crippen molar-refractivity contribution in [3.8, 4) is 0 Å². The van der Waals surface area contributed by atoms with Crippen molar-refractivity contribution in [1.82, 2.24) is 0 Å². The van der Waals surface area contributed by atoms with E-state index in [0.717, 1.165) is 0 Å². The Bertz CT molecular complexity index is 1180. The van der Waals surface area contributed by atoms with Gasteiger partial charge in [0.25, 0.3) is 0 Å². The maximum atomic E-state index is 13.3. The highest BCUT2D eigenvalue weighted by Crippen LogP contribution is 2.69. The molecule has 40 heavy (non-hydrogen) atoms. The van der Waals surface area contributed by atoms with Crippen LogP contribution in [0.25, 0.3) is 0 Å². The first-order chi connectivity index (χ1) is 18.3. The lowest BCUT2D eigenvalue weighted by Gasteiger charge is -2.65. The monoisotopic (exact) mass is 564 g/mol. The third-order valence-corrected chi connectivity index (χ3v) is 8.78. The Morgan fingerprint density at radius 1 is 0.950 bits per heavy atom. The van der Waals surface area contributed by atoms with E-state index < -0.39 is 81.8 Å². The molecule has 2 unspecified atom stereocenters. The van der Waals surface area contributed by atoms with Crippen LogP contribution in [0.4, 0.5) is 0 Å². The lowest BCUT2D eigenvalue weighted by molar-refractivity contribution is -0.345. The molecule has 2 saturated carbocycles. The van der Waals surface area contributed by atoms with Gasteiger partial charge in [-0.25, -0.2) is 4.79 Å². The smallest absolute Gasteiger partial charge is 0.374 e. The number of hydrogen-bond acceptors (Lipinski definition) is 11. The van der Waals surface area contributed by atoms with E-state index in [-0.39, 0.29) is 18.6 Å². The van der Waals surface area contributed by atoms with Crippen molar-refractivity contribution < 1.29 is 52.4 Å². The number of aliphatic hydroxyl groups is 1. The second kappa shape index (κ2) is 9.58. The van der Waals surface area contributed by atoms with Gasteiger partial charge in [-0.15, -0.1) is 0 Å². The number of esters is 4. The van der Waals surface area contributed by atoms with E-state index in [1.54, 1.807) is 33.8 Å². The fourth-order valence-corrected chi connectivity index (χ4v) is 7.07. The molecule has 11 nitrogen and oxygen atoms in total. The van der Waals surface area contributed by atoms with Gasteiger partial charge in [-0.3, -0.25) is 14.4 Å². The minimum atomic E-state index is -1.82. The van der Waals surface area contributed by atoms with Crippen molar-refractivity contribution in [2.45, 2.75) is 116 Å². The second-order valence-corrected chi connectivity index (χ2v) is 13.2. The fraction of sp³-hybridized carbons (Fsp3) is 0.724. The van der Waals surface area contributed by atoms with E-state index in [9.17, 15) is 24.3 Å². The van der Waals surface area contributed by atoms with Crippen molar-refractivity contribution in [2.75, 3.05) is 0 Å². The first kappa shape index (κ1) is 30.0. The predicted molar refractivity (Wildman–Crippen MR) is 138 cm³/mol. The summed E-state index contributed by atoms with van der Waals surface area (Å²) in [5, 5.41) is 12.3. The van der Waals surface area contributed by atoms with Crippen molar-refractivity contribution in [2.24, 2.45) is 16.7 Å². The Labute approximate surface area is 233 Å². The maximum absolute atomic E-state index is 13.3. The van der Waals surface area contributed by atoms with Crippen LogP contribution in [0.5, 0.6) is 0 Å². The molecule has 0 amide bonds. The molecule has 3 aliphatic rings. The lowest BCUT2D eigenvalue weighted by atomic mass is 9.47. The average Bonchev–Trinajstić information content (AvgIpc) is 3.39. The zero-order chi connectivity index (χ0) is 30.1. The predicted octanol–water partition coefficient (Wildman–Crippen LogP) is 3.35. The minimum absolute atomic E-state index is 0.0467. The normalized spacial score (nSPS) is 38.1. The first-order valence-corrected chi connectivity index (χ1v) is 13.5. The van der Waals surface area contributed by atoms with Gasteiger partial charge in [0.05, 0.1) is 28.3 Å². The van der Waals surface area contributed by atoms with Crippen LogP contribution >= 0.6 is 0 Å². The number of fused-ring (bicyclic) bond motifs is 1. The SMILES string of the molecule is CC(=O)O[C@H]1C[C@](C)(O)C23OC(C)(C)C(C[C@H](OC(=O)c4ccco4)[C@]2(C)[C@H]1OC(C)=O)[C@H]3OC(=O)C(C)(C)C. The van der Waals surface area contributed by atoms with Gasteiger partial charge in [-0.1, -0.05) is 0 Å². The quantitative estimate of drug-likeness (QED) is 0.415. The highest BCUT2D eigenvalue weighted by atomic mass is 16.6. The van der Waals surface area contributed by atoms with Gasteiger partial charge in [-0.05, 0) is 67.0 Å². The van der Waals surface area contributed by atoms with Gasteiger partial charge in [0.1, 0.15) is 23.9 Å². The average molecular weight is 565 g/mol. The largest absolute Gasteiger partial charge is 0.458 e. The standard InChI is InChI=1S/C29H40O11/c1-15(30)36-19-14-27(8,34)29-21(39-24(33)25(3,4)5)17(26(6,7)40-29)13-20(28(29,9)22(19)37-16(2)31)38-23(32)18-11-10-12-35-18/h10-12,17,19-22,34H,13-14H2,1-9H3/t17?,19-,20-,21+,22-,27-,28+,29?/m0/s1. The molecule has 8 atom stereocenters. The molecule has 2 bridgehead atoms. The van der Waals surface area contributed by atoms with Crippen LogP contribution in [0, 0.1) is 16.7 Å². The van der Waals surface area contributed by atoms with Crippen LogP contribution in [-0.4, -0.2) is 70.2 Å². The summed E-state index contributed by atoms with van der Waals surface area (Å²) in [7, 11) is 0. The zero-order valence-corrected chi connectivity index (χ0v) is 24.6. The van der Waals surface area contributed by atoms with E-state index in [0.29, 0.717) is 0 Å². The molecule has 222 valence electrons. The molecule has 0 radical (unpaired) electrons.